The van der Waals surface area contributed by atoms with Crippen LogP contribution in [0.1, 0.15) is 20.7 Å². The van der Waals surface area contributed by atoms with Crippen molar-refractivity contribution in [1.82, 2.24) is 4.98 Å². The van der Waals surface area contributed by atoms with Crippen LogP contribution in [0, 0.1) is 0 Å². The monoisotopic (exact) mass is 184 g/mol. The SMILES string of the molecule is C=CC(N)c1ncc(C(=O)O)s1. The largest absolute Gasteiger partial charge is 0.477 e. The molecule has 0 aliphatic heterocycles. The maximum Gasteiger partial charge on any atom is 0.347 e. The van der Waals surface area contributed by atoms with Crippen LogP contribution in [0.15, 0.2) is 18.9 Å². The van der Waals surface area contributed by atoms with Gasteiger partial charge in [0.25, 0.3) is 0 Å². The molecule has 0 amide bonds. The first-order chi connectivity index (χ1) is 5.65. The molecule has 0 aliphatic carbocycles. The predicted molar refractivity (Wildman–Crippen MR) is 46.2 cm³/mol. The van der Waals surface area contributed by atoms with Crippen LogP contribution < -0.4 is 5.73 Å². The van der Waals surface area contributed by atoms with Crippen LogP contribution in [0.25, 0.3) is 0 Å². The van der Waals surface area contributed by atoms with Gasteiger partial charge in [-0.05, 0) is 0 Å². The zero-order valence-electron chi connectivity index (χ0n) is 6.23. The van der Waals surface area contributed by atoms with E-state index in [9.17, 15) is 4.79 Å². The van der Waals surface area contributed by atoms with Gasteiger partial charge < -0.3 is 10.8 Å². The molecule has 0 fully saturated rings. The van der Waals surface area contributed by atoms with E-state index in [0.29, 0.717) is 5.01 Å². The van der Waals surface area contributed by atoms with Gasteiger partial charge in [-0.2, -0.15) is 0 Å². The van der Waals surface area contributed by atoms with E-state index < -0.39 is 5.97 Å². The topological polar surface area (TPSA) is 76.2 Å². The first-order valence-electron chi connectivity index (χ1n) is 3.22. The lowest BCUT2D eigenvalue weighted by atomic mass is 10.3. The fourth-order valence-corrected chi connectivity index (χ4v) is 1.40. The minimum atomic E-state index is -0.977. The lowest BCUT2D eigenvalue weighted by Gasteiger charge is -1.97. The molecule has 12 heavy (non-hydrogen) atoms. The van der Waals surface area contributed by atoms with Gasteiger partial charge in [-0.15, -0.1) is 17.9 Å². The predicted octanol–water partition coefficient (Wildman–Crippen LogP) is 1.03. The summed E-state index contributed by atoms with van der Waals surface area (Å²) >= 11 is 1.07. The highest BCUT2D eigenvalue weighted by atomic mass is 32.1. The summed E-state index contributed by atoms with van der Waals surface area (Å²) in [7, 11) is 0. The highest BCUT2D eigenvalue weighted by Crippen LogP contribution is 2.18. The number of hydrogen-bond acceptors (Lipinski definition) is 4. The van der Waals surface area contributed by atoms with Crippen molar-refractivity contribution in [2.75, 3.05) is 0 Å². The standard InChI is InChI=1S/C7H8N2O2S/c1-2-4(8)6-9-3-5(12-6)7(10)11/h2-4H,1,8H2,(H,10,11). The van der Waals surface area contributed by atoms with E-state index in [1.165, 1.54) is 12.3 Å². The first-order valence-corrected chi connectivity index (χ1v) is 4.04. The first kappa shape index (κ1) is 8.89. The number of nitrogens with zero attached hydrogens (tertiary/aromatic N) is 1. The van der Waals surface area contributed by atoms with Crippen molar-refractivity contribution in [1.29, 1.82) is 0 Å². The Bertz CT molecular complexity index is 308. The van der Waals surface area contributed by atoms with Crippen LogP contribution in [-0.4, -0.2) is 16.1 Å². The van der Waals surface area contributed by atoms with Gasteiger partial charge in [-0.1, -0.05) is 6.08 Å². The summed E-state index contributed by atoms with van der Waals surface area (Å²) in [4.78, 5) is 14.5. The van der Waals surface area contributed by atoms with Crippen molar-refractivity contribution in [3.63, 3.8) is 0 Å². The molecule has 5 heteroatoms. The van der Waals surface area contributed by atoms with Gasteiger partial charge in [-0.25, -0.2) is 9.78 Å². The number of thiazole rings is 1. The van der Waals surface area contributed by atoms with Gasteiger partial charge in [0.1, 0.15) is 9.88 Å². The van der Waals surface area contributed by atoms with Crippen LogP contribution >= 0.6 is 11.3 Å². The Hall–Kier alpha value is -1.20. The van der Waals surface area contributed by atoms with Crippen molar-refractivity contribution in [3.8, 4) is 0 Å². The van der Waals surface area contributed by atoms with Gasteiger partial charge in [0.2, 0.25) is 0 Å². The van der Waals surface area contributed by atoms with E-state index in [-0.39, 0.29) is 10.9 Å². The molecule has 1 rings (SSSR count). The molecule has 1 heterocycles. The number of carboxylic acids is 1. The summed E-state index contributed by atoms with van der Waals surface area (Å²) in [6.07, 6.45) is 2.82. The minimum absolute atomic E-state index is 0.197. The average molecular weight is 184 g/mol. The van der Waals surface area contributed by atoms with Crippen LogP contribution in [0.2, 0.25) is 0 Å². The number of hydrogen-bond donors (Lipinski definition) is 2. The summed E-state index contributed by atoms with van der Waals surface area (Å²) in [5.41, 5.74) is 5.54. The highest BCUT2D eigenvalue weighted by Gasteiger charge is 2.11. The van der Waals surface area contributed by atoms with E-state index in [0.717, 1.165) is 11.3 Å². The Morgan fingerprint density at radius 1 is 1.92 bits per heavy atom. The number of carbonyl (C=O) groups is 1. The van der Waals surface area contributed by atoms with E-state index >= 15 is 0 Å². The second-order valence-corrected chi connectivity index (χ2v) is 3.19. The lowest BCUT2D eigenvalue weighted by molar-refractivity contribution is 0.0702. The van der Waals surface area contributed by atoms with Crippen LogP contribution in [0.5, 0.6) is 0 Å². The smallest absolute Gasteiger partial charge is 0.347 e. The Labute approximate surface area is 73.4 Å². The molecule has 0 radical (unpaired) electrons. The van der Waals surface area contributed by atoms with Crippen LogP contribution in [0.3, 0.4) is 0 Å². The number of rotatable bonds is 3. The van der Waals surface area contributed by atoms with Crippen LogP contribution in [-0.2, 0) is 0 Å². The molecule has 0 aromatic carbocycles. The molecular weight excluding hydrogens is 176 g/mol. The molecular formula is C7H8N2O2S. The van der Waals surface area contributed by atoms with Gasteiger partial charge in [-0.3, -0.25) is 0 Å². The third-order valence-corrected chi connectivity index (χ3v) is 2.36. The molecule has 0 aliphatic rings. The van der Waals surface area contributed by atoms with Gasteiger partial charge >= 0.3 is 5.97 Å². The second kappa shape index (κ2) is 3.46. The van der Waals surface area contributed by atoms with E-state index in [4.69, 9.17) is 10.8 Å². The zero-order valence-corrected chi connectivity index (χ0v) is 7.04. The highest BCUT2D eigenvalue weighted by molar-refractivity contribution is 7.13. The fourth-order valence-electron chi connectivity index (χ4n) is 0.641. The van der Waals surface area contributed by atoms with Crippen molar-refractivity contribution in [2.45, 2.75) is 6.04 Å². The van der Waals surface area contributed by atoms with E-state index in [1.54, 1.807) is 0 Å². The Morgan fingerprint density at radius 2 is 2.58 bits per heavy atom. The Kier molecular flexibility index (Phi) is 2.57. The lowest BCUT2D eigenvalue weighted by Crippen LogP contribution is -2.05. The average Bonchev–Trinajstić information content (AvgIpc) is 2.51. The summed E-state index contributed by atoms with van der Waals surface area (Å²) in [5.74, 6) is -0.977. The second-order valence-electron chi connectivity index (χ2n) is 2.13. The quantitative estimate of drug-likeness (QED) is 0.688. The summed E-state index contributed by atoms with van der Waals surface area (Å²) < 4.78 is 0. The van der Waals surface area contributed by atoms with Crippen molar-refractivity contribution in [3.05, 3.63) is 28.7 Å². The normalized spacial score (nSPS) is 12.4. The molecule has 3 N–H and O–H groups in total. The molecule has 1 aromatic heterocycles. The molecule has 4 nitrogen and oxygen atoms in total. The van der Waals surface area contributed by atoms with Gasteiger partial charge in [0.05, 0.1) is 12.2 Å². The minimum Gasteiger partial charge on any atom is -0.477 e. The number of aromatic nitrogens is 1. The third-order valence-electron chi connectivity index (χ3n) is 1.27. The van der Waals surface area contributed by atoms with Gasteiger partial charge in [0, 0.05) is 0 Å². The van der Waals surface area contributed by atoms with Crippen molar-refractivity contribution in [2.24, 2.45) is 5.73 Å². The number of carboxylic acid groups (broad SMARTS) is 1. The Balaban J connectivity index is 2.91. The van der Waals surface area contributed by atoms with E-state index in [2.05, 4.69) is 11.6 Å². The maximum atomic E-state index is 10.4. The molecule has 1 unspecified atom stereocenters. The number of nitrogens with two attached hydrogens (primary N) is 1. The molecule has 1 aromatic rings. The van der Waals surface area contributed by atoms with Gasteiger partial charge in [0.15, 0.2) is 0 Å². The van der Waals surface area contributed by atoms with Crippen molar-refractivity contribution < 1.29 is 9.90 Å². The van der Waals surface area contributed by atoms with Crippen molar-refractivity contribution >= 4 is 17.3 Å². The number of aromatic carboxylic acids is 1. The third kappa shape index (κ3) is 1.69. The summed E-state index contributed by atoms with van der Waals surface area (Å²) in [5, 5.41) is 9.13. The summed E-state index contributed by atoms with van der Waals surface area (Å²) in [6, 6.07) is -0.372. The molecule has 0 saturated carbocycles. The summed E-state index contributed by atoms with van der Waals surface area (Å²) in [6.45, 7) is 3.49. The maximum absolute atomic E-state index is 10.4. The Morgan fingerprint density at radius 3 is 3.00 bits per heavy atom. The van der Waals surface area contributed by atoms with E-state index in [1.807, 2.05) is 0 Å². The zero-order chi connectivity index (χ0) is 9.14. The molecule has 1 atom stereocenters. The fraction of sp³-hybridized carbons (Fsp3) is 0.143. The van der Waals surface area contributed by atoms with Crippen LogP contribution in [0.4, 0.5) is 0 Å². The molecule has 0 bridgehead atoms. The molecule has 0 saturated heterocycles. The molecule has 64 valence electrons. The molecule has 0 spiro atoms.